The highest BCUT2D eigenvalue weighted by Crippen LogP contribution is 2.44. The summed E-state index contributed by atoms with van der Waals surface area (Å²) in [6.45, 7) is -1.53. The Labute approximate surface area is 321 Å². The summed E-state index contributed by atoms with van der Waals surface area (Å²) in [5.41, 5.74) is 5.84. The van der Waals surface area contributed by atoms with Crippen LogP contribution in [-0.2, 0) is 16.1 Å². The van der Waals surface area contributed by atoms with Gasteiger partial charge in [-0.25, -0.2) is 0 Å². The van der Waals surface area contributed by atoms with Crippen LogP contribution in [0.1, 0.15) is 24.0 Å². The molecule has 0 amide bonds. The van der Waals surface area contributed by atoms with E-state index in [4.69, 9.17) is 37.9 Å². The van der Waals surface area contributed by atoms with Crippen LogP contribution >= 0.6 is 0 Å². The van der Waals surface area contributed by atoms with E-state index >= 15 is 0 Å². The van der Waals surface area contributed by atoms with Crippen molar-refractivity contribution < 1.29 is 48.1 Å². The standard InChI is InChI=1S/C45H46O10/c1-48-27-34-23-32(24-40(49-2)43(34)55-45(47)54-39-22-14-12-20-37(39)31-17-9-6-10-18-31)33-25-41(50-3)44(42(26-33)51-4)53-29-35(46)28-52-38-21-13-11-19-36(38)30-15-7-5-8-16-30/h5-12,14-20,22-26,35,45-47H,13,21,27-29H2,1-4H3. The molecule has 2 atom stereocenters. The van der Waals surface area contributed by atoms with Gasteiger partial charge in [-0.2, -0.15) is 0 Å². The maximum absolute atomic E-state index is 11.0. The molecule has 0 bridgehead atoms. The maximum atomic E-state index is 11.0. The first-order valence-corrected chi connectivity index (χ1v) is 17.9. The van der Waals surface area contributed by atoms with Crippen molar-refractivity contribution >= 4 is 5.57 Å². The Kier molecular flexibility index (Phi) is 13.3. The number of para-hydroxylation sites is 1. The van der Waals surface area contributed by atoms with Crippen LogP contribution in [0.2, 0.25) is 0 Å². The highest BCUT2D eigenvalue weighted by atomic mass is 16.8. The quantitative estimate of drug-likeness (QED) is 0.0847. The summed E-state index contributed by atoms with van der Waals surface area (Å²) in [6.07, 6.45) is 4.88. The van der Waals surface area contributed by atoms with Gasteiger partial charge in [-0.15, -0.1) is 0 Å². The fourth-order valence-corrected chi connectivity index (χ4v) is 6.32. The molecule has 2 unspecified atom stereocenters. The Morgan fingerprint density at radius 3 is 1.82 bits per heavy atom. The average molecular weight is 747 g/mol. The summed E-state index contributed by atoms with van der Waals surface area (Å²) in [5.74, 6) is 2.99. The summed E-state index contributed by atoms with van der Waals surface area (Å²) < 4.78 is 46.8. The van der Waals surface area contributed by atoms with Crippen molar-refractivity contribution in [1.29, 1.82) is 0 Å². The van der Waals surface area contributed by atoms with Crippen LogP contribution in [0, 0.1) is 0 Å². The number of aliphatic hydroxyl groups excluding tert-OH is 2. The molecule has 1 aliphatic rings. The number of hydrogen-bond acceptors (Lipinski definition) is 10. The number of methoxy groups -OCH3 is 4. The van der Waals surface area contributed by atoms with Gasteiger partial charge in [0.05, 0.1) is 27.9 Å². The fraction of sp³-hybridized carbons (Fsp3) is 0.244. The minimum Gasteiger partial charge on any atom is -0.494 e. The van der Waals surface area contributed by atoms with Crippen LogP contribution in [0.15, 0.2) is 127 Å². The maximum Gasteiger partial charge on any atom is 0.358 e. The molecular formula is C45H46O10. The van der Waals surface area contributed by atoms with E-state index in [1.54, 1.807) is 31.4 Å². The Hall–Kier alpha value is -5.94. The molecule has 1 aliphatic carbocycles. The molecule has 0 radical (unpaired) electrons. The number of benzene rings is 5. The Morgan fingerprint density at radius 1 is 0.582 bits per heavy atom. The smallest absolute Gasteiger partial charge is 0.358 e. The lowest BCUT2D eigenvalue weighted by Gasteiger charge is -2.22. The van der Waals surface area contributed by atoms with Gasteiger partial charge in [0.25, 0.3) is 0 Å². The molecule has 0 aromatic heterocycles. The predicted octanol–water partition coefficient (Wildman–Crippen LogP) is 8.44. The zero-order chi connectivity index (χ0) is 38.6. The normalized spacial score (nSPS) is 13.5. The van der Waals surface area contributed by atoms with E-state index in [9.17, 15) is 10.2 Å². The Bertz CT molecular complexity index is 2050. The molecule has 5 aromatic carbocycles. The molecule has 6 rings (SSSR count). The van der Waals surface area contributed by atoms with Gasteiger partial charge in [0.2, 0.25) is 5.75 Å². The monoisotopic (exact) mass is 746 g/mol. The first kappa shape index (κ1) is 38.8. The van der Waals surface area contributed by atoms with E-state index in [-0.39, 0.29) is 25.6 Å². The van der Waals surface area contributed by atoms with E-state index in [1.807, 2.05) is 84.9 Å². The molecule has 286 valence electrons. The molecule has 0 fully saturated rings. The third-order valence-electron chi connectivity index (χ3n) is 8.94. The highest BCUT2D eigenvalue weighted by Gasteiger charge is 2.23. The van der Waals surface area contributed by atoms with E-state index < -0.39 is 12.6 Å². The van der Waals surface area contributed by atoms with Gasteiger partial charge < -0.3 is 48.1 Å². The molecule has 55 heavy (non-hydrogen) atoms. The molecular weight excluding hydrogens is 700 g/mol. The third kappa shape index (κ3) is 9.60. The molecule has 0 saturated carbocycles. The molecule has 5 aromatic rings. The topological polar surface area (TPSA) is 114 Å². The number of allylic oxidation sites excluding steroid dienone is 4. The van der Waals surface area contributed by atoms with Crippen molar-refractivity contribution in [2.75, 3.05) is 41.7 Å². The van der Waals surface area contributed by atoms with Gasteiger partial charge in [0.15, 0.2) is 23.0 Å². The van der Waals surface area contributed by atoms with Gasteiger partial charge >= 0.3 is 6.48 Å². The molecule has 0 aliphatic heterocycles. The lowest BCUT2D eigenvalue weighted by atomic mass is 9.98. The lowest BCUT2D eigenvalue weighted by molar-refractivity contribution is -0.161. The summed E-state index contributed by atoms with van der Waals surface area (Å²) in [6, 6.07) is 34.4. The Balaban J connectivity index is 1.19. The van der Waals surface area contributed by atoms with Crippen LogP contribution in [0.4, 0.5) is 0 Å². The van der Waals surface area contributed by atoms with E-state index in [1.165, 1.54) is 21.3 Å². The van der Waals surface area contributed by atoms with Gasteiger partial charge in [-0.1, -0.05) is 91.0 Å². The molecule has 0 saturated heterocycles. The van der Waals surface area contributed by atoms with Crippen molar-refractivity contribution in [2.45, 2.75) is 32.0 Å². The second-order valence-electron chi connectivity index (χ2n) is 12.6. The second kappa shape index (κ2) is 18.9. The van der Waals surface area contributed by atoms with Crippen LogP contribution in [0.25, 0.3) is 27.8 Å². The number of hydrogen-bond donors (Lipinski definition) is 2. The summed E-state index contributed by atoms with van der Waals surface area (Å²) >= 11 is 0. The third-order valence-corrected chi connectivity index (χ3v) is 8.94. The van der Waals surface area contributed by atoms with Crippen LogP contribution in [0.5, 0.6) is 34.5 Å². The zero-order valence-electron chi connectivity index (χ0n) is 31.4. The zero-order valence-corrected chi connectivity index (χ0v) is 31.4. The molecule has 0 heterocycles. The van der Waals surface area contributed by atoms with Crippen molar-refractivity contribution in [3.05, 3.63) is 138 Å². The van der Waals surface area contributed by atoms with Gasteiger partial charge in [0, 0.05) is 30.2 Å². The number of aliphatic hydroxyl groups is 2. The van der Waals surface area contributed by atoms with Crippen molar-refractivity contribution in [3.8, 4) is 56.8 Å². The summed E-state index contributed by atoms with van der Waals surface area (Å²) in [4.78, 5) is 0. The highest BCUT2D eigenvalue weighted by molar-refractivity contribution is 5.77. The van der Waals surface area contributed by atoms with E-state index in [0.717, 1.165) is 46.4 Å². The van der Waals surface area contributed by atoms with Crippen molar-refractivity contribution in [1.82, 2.24) is 0 Å². The number of ether oxygens (including phenoxy) is 8. The minimum absolute atomic E-state index is 0.0536. The van der Waals surface area contributed by atoms with Crippen LogP contribution in [0.3, 0.4) is 0 Å². The van der Waals surface area contributed by atoms with E-state index in [2.05, 4.69) is 12.2 Å². The summed E-state index contributed by atoms with van der Waals surface area (Å²) in [5, 5.41) is 21.9. The largest absolute Gasteiger partial charge is 0.494 e. The van der Waals surface area contributed by atoms with Crippen LogP contribution < -0.4 is 28.4 Å². The Morgan fingerprint density at radius 2 is 1.16 bits per heavy atom. The molecule has 2 N–H and O–H groups in total. The average Bonchev–Trinajstić information content (AvgIpc) is 3.23. The predicted molar refractivity (Wildman–Crippen MR) is 211 cm³/mol. The first-order valence-electron chi connectivity index (χ1n) is 17.9. The van der Waals surface area contributed by atoms with Crippen molar-refractivity contribution in [3.63, 3.8) is 0 Å². The van der Waals surface area contributed by atoms with Gasteiger partial charge in [-0.3, -0.25) is 0 Å². The fourth-order valence-electron chi connectivity index (χ4n) is 6.32. The van der Waals surface area contributed by atoms with Gasteiger partial charge in [-0.05, 0) is 59.0 Å². The van der Waals surface area contributed by atoms with E-state index in [0.29, 0.717) is 39.9 Å². The lowest BCUT2D eigenvalue weighted by Crippen LogP contribution is -2.24. The van der Waals surface area contributed by atoms with Gasteiger partial charge in [0.1, 0.15) is 30.8 Å². The second-order valence-corrected chi connectivity index (χ2v) is 12.6. The van der Waals surface area contributed by atoms with Crippen molar-refractivity contribution in [2.24, 2.45) is 0 Å². The summed E-state index contributed by atoms with van der Waals surface area (Å²) in [7, 11) is 6.14. The molecule has 10 heteroatoms. The first-order chi connectivity index (χ1) is 26.9. The molecule has 0 spiro atoms. The SMILES string of the molecule is COCc1cc(-c2cc(OC)c(OCC(O)COC3=C(c4ccccc4)C=CCC3)c(OC)c2)cc(OC)c1OC(O)Oc1ccccc1-c1ccccc1. The number of rotatable bonds is 18. The van der Waals surface area contributed by atoms with Crippen LogP contribution in [-0.4, -0.2) is 64.4 Å². The minimum atomic E-state index is -1.67. The molecule has 10 nitrogen and oxygen atoms in total.